The van der Waals surface area contributed by atoms with Crippen molar-refractivity contribution < 1.29 is 56.1 Å². The Morgan fingerprint density at radius 1 is 0.627 bits per heavy atom. The van der Waals surface area contributed by atoms with Crippen LogP contribution in [0.25, 0.3) is 10.4 Å². The van der Waals surface area contributed by atoms with Gasteiger partial charge in [0.15, 0.2) is 0 Å². The van der Waals surface area contributed by atoms with Crippen LogP contribution in [-0.4, -0.2) is 127 Å². The van der Waals surface area contributed by atoms with Gasteiger partial charge in [-0.1, -0.05) is 75.7 Å². The van der Waals surface area contributed by atoms with Gasteiger partial charge >= 0.3 is 5.97 Å². The number of rotatable bonds is 39. The number of amides is 2. The number of carboxylic acids is 1. The minimum absolute atomic E-state index is 0.00159. The second-order valence-electron chi connectivity index (χ2n) is 12.0. The van der Waals surface area contributed by atoms with Crippen LogP contribution in [0.1, 0.15) is 103 Å². The number of aliphatic carboxylic acids is 1. The third-order valence-corrected chi connectivity index (χ3v) is 8.36. The summed E-state index contributed by atoms with van der Waals surface area (Å²) in [4.78, 5) is 38.6. The lowest BCUT2D eigenvalue weighted by molar-refractivity contribution is -0.142. The van der Waals surface area contributed by atoms with Crippen LogP contribution < -0.4 is 10.6 Å². The van der Waals surface area contributed by atoms with E-state index in [1.54, 1.807) is 0 Å². The van der Waals surface area contributed by atoms with Gasteiger partial charge in [-0.25, -0.2) is 4.79 Å². The number of hydrogen-bond donors (Lipinski definition) is 4. The molecule has 0 aliphatic carbocycles. The molecule has 1 atom stereocenters. The lowest BCUT2D eigenvalue weighted by atomic mass is 10.0. The highest BCUT2D eigenvalue weighted by atomic mass is 32.2. The molecule has 0 aromatic carbocycles. The lowest BCUT2D eigenvalue weighted by Crippen LogP contribution is -2.41. The second kappa shape index (κ2) is 35.8. The molecule has 2 amide bonds. The minimum Gasteiger partial charge on any atom is -0.480 e. The Labute approximate surface area is 303 Å². The second-order valence-corrected chi connectivity index (χ2v) is 13.6. The molecule has 0 saturated heterocycles. The van der Waals surface area contributed by atoms with E-state index in [9.17, 15) is 27.9 Å². The summed E-state index contributed by atoms with van der Waals surface area (Å²) in [7, 11) is -3.84. The molecule has 0 aromatic rings. The molecule has 0 aliphatic heterocycles. The average molecular weight is 754 g/mol. The molecular weight excluding hydrogens is 690 g/mol. The first-order chi connectivity index (χ1) is 24.7. The number of hydrogen-bond acceptors (Lipinski definition) is 11. The quantitative estimate of drug-likeness (QED) is 0.0227. The van der Waals surface area contributed by atoms with Crippen molar-refractivity contribution in [1.82, 2.24) is 10.6 Å². The Hall–Kier alpha value is -2.57. The summed E-state index contributed by atoms with van der Waals surface area (Å²) in [6.07, 6.45) is 13.1. The number of nitrogens with zero attached hydrogens (tertiary/aromatic N) is 3. The summed E-state index contributed by atoms with van der Waals surface area (Å²) in [5.41, 5.74) is 8.14. The van der Waals surface area contributed by atoms with Crippen LogP contribution >= 0.6 is 0 Å². The lowest BCUT2D eigenvalue weighted by Gasteiger charge is -2.14. The zero-order valence-electron chi connectivity index (χ0n) is 30.3. The van der Waals surface area contributed by atoms with Gasteiger partial charge in [-0.2, -0.15) is 8.42 Å². The molecule has 0 spiro atoms. The molecule has 0 heterocycles. The standard InChI is InChI=1S/C33H63N5O12S/c34-38-36-18-20-47-22-24-49-26-28-50-27-25-48-23-21-46-19-17-35-31(39)16-15-30(33(41)42)37-32(40)14-12-10-8-6-4-2-1-3-5-7-9-11-13-29-51(43,44)45/h30H,1-29H2,(H,35,39)(H,37,40)(H,41,42)(H,43,44,45)/t30-/m0/s1. The van der Waals surface area contributed by atoms with Crippen LogP contribution in [0.4, 0.5) is 0 Å². The van der Waals surface area contributed by atoms with Crippen molar-refractivity contribution in [3.8, 4) is 0 Å². The van der Waals surface area contributed by atoms with Gasteiger partial charge in [-0.15, -0.1) is 0 Å². The van der Waals surface area contributed by atoms with E-state index in [0.29, 0.717) is 78.8 Å². The molecule has 0 bridgehead atoms. The van der Waals surface area contributed by atoms with Crippen molar-refractivity contribution in [2.24, 2.45) is 5.11 Å². The minimum atomic E-state index is -3.84. The predicted molar refractivity (Wildman–Crippen MR) is 191 cm³/mol. The SMILES string of the molecule is [N-]=[N+]=NCCOCCOCCOCCOCCOCCNC(=O)CC[C@H](NC(=O)CCCCCCCCCCCCCCCS(=O)(=O)O)C(=O)O. The fraction of sp³-hybridized carbons (Fsp3) is 0.909. The maximum absolute atomic E-state index is 12.3. The molecule has 298 valence electrons. The Morgan fingerprint density at radius 2 is 1.06 bits per heavy atom. The molecule has 4 N–H and O–H groups in total. The van der Waals surface area contributed by atoms with Gasteiger partial charge in [0.2, 0.25) is 11.8 Å². The van der Waals surface area contributed by atoms with E-state index in [1.807, 2.05) is 0 Å². The van der Waals surface area contributed by atoms with Gasteiger partial charge in [-0.05, 0) is 24.8 Å². The van der Waals surface area contributed by atoms with Gasteiger partial charge in [0.25, 0.3) is 10.1 Å². The molecule has 0 aromatic heterocycles. The Balaban J connectivity index is 3.59. The number of azide groups is 1. The van der Waals surface area contributed by atoms with Crippen LogP contribution in [0.5, 0.6) is 0 Å². The summed E-state index contributed by atoms with van der Waals surface area (Å²) >= 11 is 0. The number of ether oxygens (including phenoxy) is 5. The van der Waals surface area contributed by atoms with Gasteiger partial charge < -0.3 is 39.4 Å². The van der Waals surface area contributed by atoms with E-state index in [0.717, 1.165) is 64.2 Å². The van der Waals surface area contributed by atoms with Crippen LogP contribution in [0.3, 0.4) is 0 Å². The first kappa shape index (κ1) is 48.4. The average Bonchev–Trinajstić information content (AvgIpc) is 3.08. The summed E-state index contributed by atoms with van der Waals surface area (Å²) < 4.78 is 56.8. The van der Waals surface area contributed by atoms with Gasteiger partial charge in [0.05, 0.1) is 71.8 Å². The Morgan fingerprint density at radius 3 is 1.51 bits per heavy atom. The molecular formula is C33H63N5O12S. The first-order valence-corrected chi connectivity index (χ1v) is 19.9. The Kier molecular flexibility index (Phi) is 34.0. The molecule has 0 fully saturated rings. The molecule has 0 unspecified atom stereocenters. The molecule has 18 heteroatoms. The van der Waals surface area contributed by atoms with Crippen LogP contribution in [0.2, 0.25) is 0 Å². The molecule has 17 nitrogen and oxygen atoms in total. The van der Waals surface area contributed by atoms with E-state index >= 15 is 0 Å². The number of carboxylic acid groups (broad SMARTS) is 1. The maximum atomic E-state index is 12.3. The van der Waals surface area contributed by atoms with E-state index in [2.05, 4.69) is 20.7 Å². The van der Waals surface area contributed by atoms with Crippen LogP contribution in [0, 0.1) is 0 Å². The predicted octanol–water partition coefficient (Wildman–Crippen LogP) is 4.19. The highest BCUT2D eigenvalue weighted by Gasteiger charge is 2.20. The van der Waals surface area contributed by atoms with E-state index in [-0.39, 0.29) is 50.0 Å². The third-order valence-electron chi connectivity index (χ3n) is 7.55. The smallest absolute Gasteiger partial charge is 0.326 e. The van der Waals surface area contributed by atoms with E-state index in [4.69, 9.17) is 33.8 Å². The zero-order chi connectivity index (χ0) is 37.7. The van der Waals surface area contributed by atoms with Crippen molar-refractivity contribution >= 4 is 27.9 Å². The molecule has 0 aliphatic rings. The van der Waals surface area contributed by atoms with Crippen molar-refractivity contribution in [1.29, 1.82) is 0 Å². The molecule has 0 radical (unpaired) electrons. The molecule has 51 heavy (non-hydrogen) atoms. The molecule has 0 saturated carbocycles. The summed E-state index contributed by atoms with van der Waals surface area (Å²) in [5, 5.41) is 18.0. The largest absolute Gasteiger partial charge is 0.480 e. The summed E-state index contributed by atoms with van der Waals surface area (Å²) in [6.45, 7) is 4.46. The fourth-order valence-corrected chi connectivity index (χ4v) is 5.37. The number of nitrogens with one attached hydrogen (secondary N) is 2. The van der Waals surface area contributed by atoms with Gasteiger partial charge in [-0.3, -0.25) is 14.1 Å². The number of unbranched alkanes of at least 4 members (excludes halogenated alkanes) is 12. The maximum Gasteiger partial charge on any atom is 0.326 e. The normalized spacial score (nSPS) is 11.9. The summed E-state index contributed by atoms with van der Waals surface area (Å²) in [5.74, 6) is -1.96. The first-order valence-electron chi connectivity index (χ1n) is 18.3. The zero-order valence-corrected chi connectivity index (χ0v) is 31.1. The van der Waals surface area contributed by atoms with Crippen LogP contribution in [-0.2, 0) is 48.2 Å². The van der Waals surface area contributed by atoms with Crippen LogP contribution in [0.15, 0.2) is 5.11 Å². The van der Waals surface area contributed by atoms with Gasteiger partial charge in [0.1, 0.15) is 6.04 Å². The Bertz CT molecular complexity index is 1030. The van der Waals surface area contributed by atoms with Crippen molar-refractivity contribution in [2.45, 2.75) is 109 Å². The monoisotopic (exact) mass is 753 g/mol. The van der Waals surface area contributed by atoms with Gasteiger partial charge in [0, 0.05) is 30.8 Å². The molecule has 0 rings (SSSR count). The van der Waals surface area contributed by atoms with E-state index in [1.165, 1.54) is 6.42 Å². The fourth-order valence-electron chi connectivity index (χ4n) is 4.80. The van der Waals surface area contributed by atoms with E-state index < -0.39 is 22.1 Å². The highest BCUT2D eigenvalue weighted by Crippen LogP contribution is 2.13. The summed E-state index contributed by atoms with van der Waals surface area (Å²) in [6, 6.07) is -1.12. The number of carbonyl (C=O) groups excluding carboxylic acids is 2. The topological polar surface area (TPSA) is 245 Å². The van der Waals surface area contributed by atoms with Crippen molar-refractivity contribution in [3.05, 3.63) is 10.4 Å². The van der Waals surface area contributed by atoms with Crippen molar-refractivity contribution in [3.63, 3.8) is 0 Å². The highest BCUT2D eigenvalue weighted by molar-refractivity contribution is 7.85. The third kappa shape index (κ3) is 38.5. The number of carbonyl (C=O) groups is 3. The van der Waals surface area contributed by atoms with Crippen molar-refractivity contribution in [2.75, 3.05) is 84.9 Å².